The van der Waals surface area contributed by atoms with E-state index in [-0.39, 0.29) is 17.5 Å². The zero-order valence-electron chi connectivity index (χ0n) is 13.7. The maximum Gasteiger partial charge on any atom is 0.290 e. The number of nitro groups is 1. The number of aryl methyl sites for hydroxylation is 2. The third-order valence-electron chi connectivity index (χ3n) is 4.36. The van der Waals surface area contributed by atoms with Gasteiger partial charge in [0.05, 0.1) is 16.7 Å². The largest absolute Gasteiger partial charge is 0.353 e. The minimum atomic E-state index is -0.431. The molecule has 0 aromatic carbocycles. The molecular formula is C16H19N5O3. The normalized spacial score (nSPS) is 17.2. The molecule has 1 atom stereocenters. The number of pyridine rings is 1. The monoisotopic (exact) mass is 329 g/mol. The molecule has 0 bridgehead atoms. The molecule has 0 amide bonds. The van der Waals surface area contributed by atoms with E-state index in [0.29, 0.717) is 23.5 Å². The number of carbonyl (C=O) groups excluding carboxylic acids is 1. The summed E-state index contributed by atoms with van der Waals surface area (Å²) in [5, 5.41) is 15.0. The second kappa shape index (κ2) is 6.38. The number of hydrogen-bond acceptors (Lipinski definition) is 6. The Kier molecular flexibility index (Phi) is 4.28. The van der Waals surface area contributed by atoms with Gasteiger partial charge >= 0.3 is 0 Å². The van der Waals surface area contributed by atoms with E-state index in [1.807, 2.05) is 0 Å². The van der Waals surface area contributed by atoms with Gasteiger partial charge in [0, 0.05) is 38.3 Å². The zero-order valence-corrected chi connectivity index (χ0v) is 13.7. The lowest BCUT2D eigenvalue weighted by atomic mass is 10.0. The van der Waals surface area contributed by atoms with Crippen LogP contribution in [0.1, 0.15) is 35.3 Å². The van der Waals surface area contributed by atoms with Crippen LogP contribution >= 0.6 is 0 Å². The van der Waals surface area contributed by atoms with Crippen molar-refractivity contribution < 1.29 is 9.72 Å². The van der Waals surface area contributed by atoms with Crippen LogP contribution in [0.5, 0.6) is 0 Å². The van der Waals surface area contributed by atoms with E-state index in [1.165, 1.54) is 6.07 Å². The highest BCUT2D eigenvalue weighted by molar-refractivity contribution is 5.96. The van der Waals surface area contributed by atoms with E-state index >= 15 is 0 Å². The predicted molar refractivity (Wildman–Crippen MR) is 88.2 cm³/mol. The summed E-state index contributed by atoms with van der Waals surface area (Å²) in [5.41, 5.74) is 1.01. The zero-order chi connectivity index (χ0) is 17.3. The Morgan fingerprint density at radius 3 is 2.88 bits per heavy atom. The van der Waals surface area contributed by atoms with Gasteiger partial charge in [-0.15, -0.1) is 0 Å². The van der Waals surface area contributed by atoms with Gasteiger partial charge in [0.2, 0.25) is 0 Å². The minimum absolute atomic E-state index is 0.0148. The maximum atomic E-state index is 12.4. The summed E-state index contributed by atoms with van der Waals surface area (Å²) in [6.45, 7) is 2.43. The van der Waals surface area contributed by atoms with Crippen molar-refractivity contribution in [1.29, 1.82) is 0 Å². The van der Waals surface area contributed by atoms with Gasteiger partial charge in [-0.1, -0.05) is 0 Å². The standard InChI is InChI=1S/C16H19N5O3/c1-11-14(21(23)24)5-6-16(18-11)20-7-3-4-13(20)8-15(22)12-9-17-19(2)10-12/h5-6,9-10,13H,3-4,7-8H2,1-2H3/t13-/m1/s1. The van der Waals surface area contributed by atoms with Crippen LogP contribution < -0.4 is 4.90 Å². The van der Waals surface area contributed by atoms with Gasteiger partial charge in [-0.3, -0.25) is 19.6 Å². The van der Waals surface area contributed by atoms with Crippen LogP contribution in [-0.4, -0.2) is 38.1 Å². The molecule has 2 aromatic rings. The average molecular weight is 329 g/mol. The SMILES string of the molecule is Cc1nc(N2CCC[C@@H]2CC(=O)c2cnn(C)c2)ccc1[N+](=O)[O-]. The second-order valence-electron chi connectivity index (χ2n) is 6.05. The summed E-state index contributed by atoms with van der Waals surface area (Å²) in [6.07, 6.45) is 5.57. The molecule has 0 N–H and O–H groups in total. The molecule has 0 saturated carbocycles. The fourth-order valence-electron chi connectivity index (χ4n) is 3.14. The third kappa shape index (κ3) is 3.12. The van der Waals surface area contributed by atoms with Gasteiger partial charge in [0.25, 0.3) is 5.69 Å². The van der Waals surface area contributed by atoms with Crippen molar-refractivity contribution in [3.8, 4) is 0 Å². The van der Waals surface area contributed by atoms with Crippen LogP contribution in [0, 0.1) is 17.0 Å². The van der Waals surface area contributed by atoms with Crippen LogP contribution in [0.2, 0.25) is 0 Å². The summed E-state index contributed by atoms with van der Waals surface area (Å²) in [4.78, 5) is 29.3. The first-order valence-electron chi connectivity index (χ1n) is 7.86. The lowest BCUT2D eigenvalue weighted by molar-refractivity contribution is -0.385. The Morgan fingerprint density at radius 1 is 1.46 bits per heavy atom. The first kappa shape index (κ1) is 16.1. The molecule has 8 nitrogen and oxygen atoms in total. The molecule has 1 aliphatic rings. The summed E-state index contributed by atoms with van der Waals surface area (Å²) in [7, 11) is 1.78. The number of aromatic nitrogens is 3. The van der Waals surface area contributed by atoms with Crippen LogP contribution in [0.15, 0.2) is 24.5 Å². The summed E-state index contributed by atoms with van der Waals surface area (Å²) >= 11 is 0. The molecule has 0 unspecified atom stereocenters. The van der Waals surface area contributed by atoms with E-state index in [4.69, 9.17) is 0 Å². The Hall–Kier alpha value is -2.77. The molecule has 8 heteroatoms. The Labute approximate surface area is 139 Å². The molecule has 126 valence electrons. The van der Waals surface area contributed by atoms with Gasteiger partial charge < -0.3 is 4.90 Å². The minimum Gasteiger partial charge on any atom is -0.353 e. The molecule has 0 aliphatic carbocycles. The van der Waals surface area contributed by atoms with E-state index in [1.54, 1.807) is 37.1 Å². The van der Waals surface area contributed by atoms with Crippen molar-refractivity contribution in [2.45, 2.75) is 32.2 Å². The highest BCUT2D eigenvalue weighted by atomic mass is 16.6. The molecule has 1 fully saturated rings. The molecule has 3 heterocycles. The van der Waals surface area contributed by atoms with Crippen LogP contribution in [0.4, 0.5) is 11.5 Å². The number of ketones is 1. The predicted octanol–water partition coefficient (Wildman–Crippen LogP) is 2.27. The number of hydrogen-bond donors (Lipinski definition) is 0. The molecule has 24 heavy (non-hydrogen) atoms. The fraction of sp³-hybridized carbons (Fsp3) is 0.438. The Morgan fingerprint density at radius 2 is 2.25 bits per heavy atom. The van der Waals surface area contributed by atoms with Crippen LogP contribution in [0.25, 0.3) is 0 Å². The lowest BCUT2D eigenvalue weighted by Crippen LogP contribution is -2.32. The van der Waals surface area contributed by atoms with Gasteiger partial charge in [0.1, 0.15) is 11.5 Å². The fourth-order valence-corrected chi connectivity index (χ4v) is 3.14. The van der Waals surface area contributed by atoms with Crippen molar-refractivity contribution >= 4 is 17.3 Å². The van der Waals surface area contributed by atoms with E-state index in [2.05, 4.69) is 15.0 Å². The summed E-state index contributed by atoms with van der Waals surface area (Å²) in [6, 6.07) is 3.21. The highest BCUT2D eigenvalue weighted by Gasteiger charge is 2.29. The summed E-state index contributed by atoms with van der Waals surface area (Å²) < 4.78 is 1.61. The number of rotatable bonds is 5. The number of carbonyl (C=O) groups is 1. The average Bonchev–Trinajstić information content (AvgIpc) is 3.15. The van der Waals surface area contributed by atoms with Crippen LogP contribution in [0.3, 0.4) is 0 Å². The molecule has 1 saturated heterocycles. The molecule has 0 spiro atoms. The molecule has 2 aromatic heterocycles. The van der Waals surface area contributed by atoms with Gasteiger partial charge in [-0.25, -0.2) is 4.98 Å². The topological polar surface area (TPSA) is 94.2 Å². The van der Waals surface area contributed by atoms with Crippen molar-refractivity contribution in [2.24, 2.45) is 7.05 Å². The van der Waals surface area contributed by atoms with Gasteiger partial charge in [0.15, 0.2) is 5.78 Å². The van der Waals surface area contributed by atoms with Crippen molar-refractivity contribution in [3.63, 3.8) is 0 Å². The molecular weight excluding hydrogens is 310 g/mol. The molecule has 0 radical (unpaired) electrons. The Bertz CT molecular complexity index is 786. The third-order valence-corrected chi connectivity index (χ3v) is 4.36. The Balaban J connectivity index is 1.77. The lowest BCUT2D eigenvalue weighted by Gasteiger charge is -2.25. The van der Waals surface area contributed by atoms with Crippen LogP contribution in [-0.2, 0) is 7.05 Å². The van der Waals surface area contributed by atoms with Gasteiger partial charge in [-0.05, 0) is 25.8 Å². The number of nitrogens with zero attached hydrogens (tertiary/aromatic N) is 5. The summed E-state index contributed by atoms with van der Waals surface area (Å²) in [5.74, 6) is 0.748. The maximum absolute atomic E-state index is 12.4. The first-order valence-corrected chi connectivity index (χ1v) is 7.86. The van der Waals surface area contributed by atoms with E-state index in [0.717, 1.165) is 19.4 Å². The molecule has 3 rings (SSSR count). The smallest absolute Gasteiger partial charge is 0.290 e. The molecule has 1 aliphatic heterocycles. The number of Topliss-reactive ketones (excluding diaryl/α,β-unsaturated/α-hetero) is 1. The van der Waals surface area contributed by atoms with E-state index in [9.17, 15) is 14.9 Å². The second-order valence-corrected chi connectivity index (χ2v) is 6.05. The van der Waals surface area contributed by atoms with Crippen molar-refractivity contribution in [1.82, 2.24) is 14.8 Å². The van der Waals surface area contributed by atoms with Gasteiger partial charge in [-0.2, -0.15) is 5.10 Å². The van der Waals surface area contributed by atoms with Crippen molar-refractivity contribution in [3.05, 3.63) is 45.9 Å². The first-order chi connectivity index (χ1) is 11.5. The van der Waals surface area contributed by atoms with E-state index < -0.39 is 4.92 Å². The number of anilines is 1. The quantitative estimate of drug-likeness (QED) is 0.474. The highest BCUT2D eigenvalue weighted by Crippen LogP contribution is 2.29. The van der Waals surface area contributed by atoms with Crippen molar-refractivity contribution in [2.75, 3.05) is 11.4 Å².